The highest BCUT2D eigenvalue weighted by atomic mass is 35.5. The molecule has 0 spiro atoms. The number of nitrogens with one attached hydrogen (secondary N) is 1. The summed E-state index contributed by atoms with van der Waals surface area (Å²) in [6.45, 7) is -0.313. The van der Waals surface area contributed by atoms with Crippen molar-refractivity contribution in [1.29, 1.82) is 0 Å². The molecule has 0 heterocycles. The molecule has 0 amide bonds. The highest BCUT2D eigenvalue weighted by Gasteiger charge is 2.41. The Morgan fingerprint density at radius 2 is 1.52 bits per heavy atom. The predicted molar refractivity (Wildman–Crippen MR) is 136 cm³/mol. The van der Waals surface area contributed by atoms with Crippen LogP contribution in [0.4, 0.5) is 43.9 Å². The monoisotopic (exact) mass is 661 g/mol. The van der Waals surface area contributed by atoms with Gasteiger partial charge in [0.05, 0.1) is 25.6 Å². The first kappa shape index (κ1) is 34.1. The molecule has 2 rings (SSSR count). The largest absolute Gasteiger partial charge is 0.417 e. The summed E-state index contributed by atoms with van der Waals surface area (Å²) in [6.07, 6.45) is -15.7. The number of carbonyl (C=O) groups is 1. The van der Waals surface area contributed by atoms with Crippen molar-refractivity contribution in [3.63, 3.8) is 0 Å². The van der Waals surface area contributed by atoms with Crippen LogP contribution in [0.2, 0.25) is 15.1 Å². The number of allylic oxidation sites excluding steroid dienone is 1. The average Bonchev–Trinajstić information content (AvgIpc) is 2.81. The van der Waals surface area contributed by atoms with Crippen LogP contribution in [0.25, 0.3) is 5.83 Å². The van der Waals surface area contributed by atoms with Crippen LogP contribution < -0.4 is 5.32 Å². The molecule has 40 heavy (non-hydrogen) atoms. The number of Topliss-reactive ketones (excluding diaryl/α,β-unsaturated/α-hetero) is 1. The molecule has 2 aromatic rings. The zero-order chi connectivity index (χ0) is 30.8. The molecule has 2 atom stereocenters. The summed E-state index contributed by atoms with van der Waals surface area (Å²) >= 11 is 22.0. The molecular weight excluding hydrogens is 647 g/mol. The Morgan fingerprint density at radius 1 is 0.975 bits per heavy atom. The SMILES string of the molecule is C[C@@H](CC(=O)c1ccc(/C(F)=C/C(c2cc(Cl)c(Cl)c(Cl)c2)C(F)(F)F)cc1C(F)(F)F)C(=S)NCC(F)(F)F. The van der Waals surface area contributed by atoms with Gasteiger partial charge in [-0.05, 0) is 29.8 Å². The number of hydrogen-bond acceptors (Lipinski definition) is 2. The number of rotatable bonds is 8. The lowest BCUT2D eigenvalue weighted by Gasteiger charge is -2.19. The van der Waals surface area contributed by atoms with Crippen LogP contribution in [-0.4, -0.2) is 29.7 Å². The van der Waals surface area contributed by atoms with E-state index in [0.717, 1.165) is 12.1 Å². The van der Waals surface area contributed by atoms with E-state index in [1.54, 1.807) is 0 Å². The molecule has 16 heteroatoms. The molecule has 1 unspecified atom stereocenters. The molecular formula is C24H16Cl3F10NOS. The van der Waals surface area contributed by atoms with E-state index in [1.807, 2.05) is 5.32 Å². The number of ketones is 1. The summed E-state index contributed by atoms with van der Waals surface area (Å²) < 4.78 is 135. The highest BCUT2D eigenvalue weighted by molar-refractivity contribution is 7.80. The summed E-state index contributed by atoms with van der Waals surface area (Å²) in [5, 5.41) is 0.840. The van der Waals surface area contributed by atoms with Gasteiger partial charge in [0.1, 0.15) is 18.3 Å². The van der Waals surface area contributed by atoms with Gasteiger partial charge in [0.25, 0.3) is 0 Å². The van der Waals surface area contributed by atoms with Gasteiger partial charge >= 0.3 is 18.5 Å². The molecule has 2 aromatic carbocycles. The third-order valence-corrected chi connectivity index (χ3v) is 7.08. The van der Waals surface area contributed by atoms with E-state index < -0.39 is 82.2 Å². The van der Waals surface area contributed by atoms with Crippen LogP contribution in [-0.2, 0) is 6.18 Å². The van der Waals surface area contributed by atoms with E-state index in [-0.39, 0.29) is 27.2 Å². The maximum Gasteiger partial charge on any atom is 0.417 e. The average molecular weight is 663 g/mol. The minimum Gasteiger partial charge on any atom is -0.371 e. The third kappa shape index (κ3) is 9.22. The van der Waals surface area contributed by atoms with Crippen molar-refractivity contribution < 1.29 is 48.7 Å². The van der Waals surface area contributed by atoms with Crippen molar-refractivity contribution >= 4 is 63.6 Å². The van der Waals surface area contributed by atoms with E-state index in [2.05, 4.69) is 0 Å². The van der Waals surface area contributed by atoms with Crippen LogP contribution >= 0.6 is 47.0 Å². The van der Waals surface area contributed by atoms with Crippen molar-refractivity contribution in [2.24, 2.45) is 5.92 Å². The second kappa shape index (κ2) is 12.8. The Bertz CT molecular complexity index is 1280. The van der Waals surface area contributed by atoms with E-state index in [1.165, 1.54) is 6.92 Å². The quantitative estimate of drug-likeness (QED) is 0.132. The topological polar surface area (TPSA) is 29.1 Å². The first-order valence-electron chi connectivity index (χ1n) is 10.8. The molecule has 1 N–H and O–H groups in total. The lowest BCUT2D eigenvalue weighted by atomic mass is 9.93. The van der Waals surface area contributed by atoms with Gasteiger partial charge in [-0.3, -0.25) is 4.79 Å². The molecule has 0 aromatic heterocycles. The number of benzene rings is 2. The number of alkyl halides is 9. The Morgan fingerprint density at radius 3 is 2.00 bits per heavy atom. The fourth-order valence-corrected chi connectivity index (χ4v) is 4.16. The van der Waals surface area contributed by atoms with E-state index in [0.29, 0.717) is 12.1 Å². The number of hydrogen-bond donors (Lipinski definition) is 1. The van der Waals surface area contributed by atoms with Gasteiger partial charge < -0.3 is 5.32 Å². The highest BCUT2D eigenvalue weighted by Crippen LogP contribution is 2.43. The summed E-state index contributed by atoms with van der Waals surface area (Å²) in [4.78, 5) is 12.2. The van der Waals surface area contributed by atoms with Crippen molar-refractivity contribution in [3.05, 3.63) is 73.7 Å². The first-order valence-corrected chi connectivity index (χ1v) is 12.3. The first-order chi connectivity index (χ1) is 18.1. The molecule has 0 radical (unpaired) electrons. The fourth-order valence-electron chi connectivity index (χ4n) is 3.39. The van der Waals surface area contributed by atoms with Gasteiger partial charge in [-0.2, -0.15) is 39.5 Å². The molecule has 220 valence electrons. The minimum atomic E-state index is -5.25. The standard InChI is InChI=1S/C24H16Cl3F10NOS/c1-10(21(40)38-9-22(29,30)31)4-19(39)13-3-2-11(5-15(13)24(35,36)37)18(28)8-14(23(32,33)34)12-6-16(25)20(27)17(26)7-12/h2-3,5-8,10,14H,4,9H2,1H3,(H,38,40)/b18-8-/t10-,14?/m0/s1. The zero-order valence-electron chi connectivity index (χ0n) is 19.8. The molecule has 0 saturated heterocycles. The zero-order valence-corrected chi connectivity index (χ0v) is 22.8. The van der Waals surface area contributed by atoms with Crippen molar-refractivity contribution in [3.8, 4) is 0 Å². The van der Waals surface area contributed by atoms with Crippen LogP contribution in [0.3, 0.4) is 0 Å². The Balaban J connectivity index is 2.45. The maximum atomic E-state index is 15.0. The van der Waals surface area contributed by atoms with Crippen molar-refractivity contribution in [2.75, 3.05) is 6.54 Å². The van der Waals surface area contributed by atoms with Gasteiger partial charge in [-0.1, -0.05) is 66.1 Å². The lowest BCUT2D eigenvalue weighted by Crippen LogP contribution is -2.36. The van der Waals surface area contributed by atoms with Crippen LogP contribution in [0.1, 0.15) is 46.3 Å². The normalized spacial score (nSPS) is 14.6. The summed E-state index contributed by atoms with van der Waals surface area (Å²) in [6, 6.07) is 2.92. The van der Waals surface area contributed by atoms with E-state index in [4.69, 9.17) is 47.0 Å². The smallest absolute Gasteiger partial charge is 0.371 e. The van der Waals surface area contributed by atoms with Crippen LogP contribution in [0.5, 0.6) is 0 Å². The molecule has 0 aliphatic carbocycles. The molecule has 0 aliphatic rings. The Hall–Kier alpha value is -2.09. The van der Waals surface area contributed by atoms with Crippen molar-refractivity contribution in [2.45, 2.75) is 37.8 Å². The van der Waals surface area contributed by atoms with Gasteiger partial charge in [-0.25, -0.2) is 4.39 Å². The van der Waals surface area contributed by atoms with E-state index >= 15 is 0 Å². The molecule has 2 nitrogen and oxygen atoms in total. The number of carbonyl (C=O) groups excluding carboxylic acids is 1. The van der Waals surface area contributed by atoms with Crippen LogP contribution in [0, 0.1) is 5.92 Å². The summed E-state index contributed by atoms with van der Waals surface area (Å²) in [5.74, 6) is -6.69. The maximum absolute atomic E-state index is 15.0. The summed E-state index contributed by atoms with van der Waals surface area (Å²) in [5.41, 5.74) is -4.21. The second-order valence-electron chi connectivity index (χ2n) is 8.45. The minimum absolute atomic E-state index is 0.0136. The van der Waals surface area contributed by atoms with Gasteiger partial charge in [0.2, 0.25) is 0 Å². The lowest BCUT2D eigenvalue weighted by molar-refractivity contribution is -0.140. The van der Waals surface area contributed by atoms with Crippen molar-refractivity contribution in [1.82, 2.24) is 5.32 Å². The van der Waals surface area contributed by atoms with Crippen LogP contribution in [0.15, 0.2) is 36.4 Å². The summed E-state index contributed by atoms with van der Waals surface area (Å²) in [7, 11) is 0. The number of halogens is 13. The third-order valence-electron chi connectivity index (χ3n) is 5.33. The van der Waals surface area contributed by atoms with Gasteiger partial charge in [0.15, 0.2) is 5.78 Å². The predicted octanol–water partition coefficient (Wildman–Crippen LogP) is 10.0. The Kier molecular flexibility index (Phi) is 10.9. The molecule has 0 aliphatic heterocycles. The van der Waals surface area contributed by atoms with Gasteiger partial charge in [0, 0.05) is 23.5 Å². The number of thiocarbonyl (C=S) groups is 1. The Labute approximate surface area is 241 Å². The molecule has 0 bridgehead atoms. The van der Waals surface area contributed by atoms with E-state index in [9.17, 15) is 48.7 Å². The molecule has 0 saturated carbocycles. The molecule has 0 fully saturated rings. The van der Waals surface area contributed by atoms with Gasteiger partial charge in [-0.15, -0.1) is 0 Å². The fraction of sp³-hybridized carbons (Fsp3) is 0.333. The second-order valence-corrected chi connectivity index (χ2v) is 10.1.